The zero-order valence-electron chi connectivity index (χ0n) is 10.3. The van der Waals surface area contributed by atoms with Gasteiger partial charge in [-0.25, -0.2) is 0 Å². The number of hydrogen-bond acceptors (Lipinski definition) is 3. The monoisotopic (exact) mass is 222 g/mol. The van der Waals surface area contributed by atoms with E-state index in [0.717, 1.165) is 13.1 Å². The second kappa shape index (κ2) is 5.46. The summed E-state index contributed by atoms with van der Waals surface area (Å²) in [4.78, 5) is 2.40. The summed E-state index contributed by atoms with van der Waals surface area (Å²) in [7, 11) is 2.20. The van der Waals surface area contributed by atoms with Crippen molar-refractivity contribution in [3.63, 3.8) is 0 Å². The summed E-state index contributed by atoms with van der Waals surface area (Å²) < 4.78 is 1.98. The summed E-state index contributed by atoms with van der Waals surface area (Å²) >= 11 is 0. The van der Waals surface area contributed by atoms with Crippen molar-refractivity contribution in [2.45, 2.75) is 38.9 Å². The van der Waals surface area contributed by atoms with Gasteiger partial charge >= 0.3 is 0 Å². The molecule has 0 bridgehead atoms. The number of piperidine rings is 1. The maximum atomic E-state index is 4.28. The van der Waals surface area contributed by atoms with Gasteiger partial charge in [0.2, 0.25) is 0 Å². The number of rotatable bonds is 4. The normalized spacial score (nSPS) is 19.1. The summed E-state index contributed by atoms with van der Waals surface area (Å²) in [6.07, 6.45) is 6.62. The third kappa shape index (κ3) is 3.06. The smallest absolute Gasteiger partial charge is 0.0534 e. The van der Waals surface area contributed by atoms with Crippen LogP contribution < -0.4 is 5.32 Å². The number of aromatic nitrogens is 2. The molecule has 1 aromatic heterocycles. The van der Waals surface area contributed by atoms with Crippen molar-refractivity contribution < 1.29 is 0 Å². The van der Waals surface area contributed by atoms with E-state index in [1.54, 1.807) is 0 Å². The van der Waals surface area contributed by atoms with Crippen LogP contribution in [-0.4, -0.2) is 40.9 Å². The summed E-state index contributed by atoms with van der Waals surface area (Å²) in [5, 5.41) is 7.89. The molecule has 2 rings (SSSR count). The summed E-state index contributed by atoms with van der Waals surface area (Å²) in [6.45, 7) is 6.45. The van der Waals surface area contributed by atoms with Gasteiger partial charge in [-0.05, 0) is 39.9 Å². The van der Waals surface area contributed by atoms with E-state index in [1.165, 1.54) is 31.5 Å². The van der Waals surface area contributed by atoms with E-state index in [4.69, 9.17) is 0 Å². The van der Waals surface area contributed by atoms with Crippen LogP contribution in [0, 0.1) is 0 Å². The first-order valence-corrected chi connectivity index (χ1v) is 6.21. The Morgan fingerprint density at radius 2 is 2.19 bits per heavy atom. The molecule has 1 aromatic rings. The van der Waals surface area contributed by atoms with Gasteiger partial charge in [-0.2, -0.15) is 5.10 Å². The van der Waals surface area contributed by atoms with Crippen LogP contribution in [0.5, 0.6) is 0 Å². The van der Waals surface area contributed by atoms with Gasteiger partial charge in [0.15, 0.2) is 0 Å². The Bertz CT molecular complexity index is 313. The van der Waals surface area contributed by atoms with Gasteiger partial charge in [-0.3, -0.25) is 4.68 Å². The molecule has 0 spiro atoms. The molecule has 1 aliphatic rings. The molecule has 16 heavy (non-hydrogen) atoms. The van der Waals surface area contributed by atoms with Crippen LogP contribution in [0.25, 0.3) is 0 Å². The highest BCUT2D eigenvalue weighted by molar-refractivity contribution is 5.03. The minimum Gasteiger partial charge on any atom is -0.310 e. The zero-order chi connectivity index (χ0) is 11.4. The lowest BCUT2D eigenvalue weighted by Gasteiger charge is -2.29. The molecule has 4 nitrogen and oxygen atoms in total. The average Bonchev–Trinajstić information content (AvgIpc) is 2.76. The van der Waals surface area contributed by atoms with Gasteiger partial charge < -0.3 is 10.2 Å². The van der Waals surface area contributed by atoms with Gasteiger partial charge in [0.05, 0.1) is 6.20 Å². The Balaban J connectivity index is 1.74. The first-order valence-electron chi connectivity index (χ1n) is 6.21. The Hall–Kier alpha value is -0.870. The molecule has 4 heteroatoms. The Kier molecular flexibility index (Phi) is 3.96. The van der Waals surface area contributed by atoms with Gasteiger partial charge in [-0.1, -0.05) is 0 Å². The van der Waals surface area contributed by atoms with Gasteiger partial charge in [0.25, 0.3) is 0 Å². The van der Waals surface area contributed by atoms with E-state index in [0.29, 0.717) is 6.04 Å². The molecular weight excluding hydrogens is 200 g/mol. The molecule has 1 fully saturated rings. The number of hydrogen-bond donors (Lipinski definition) is 1. The van der Waals surface area contributed by atoms with Crippen molar-refractivity contribution in [2.24, 2.45) is 0 Å². The second-order valence-corrected chi connectivity index (χ2v) is 4.66. The quantitative estimate of drug-likeness (QED) is 0.828. The molecular formula is C12H22N4. The van der Waals surface area contributed by atoms with Crippen molar-refractivity contribution in [3.8, 4) is 0 Å². The highest BCUT2D eigenvalue weighted by atomic mass is 15.3. The number of likely N-dealkylation sites (tertiary alicyclic amines) is 1. The number of nitrogens with zero attached hydrogens (tertiary/aromatic N) is 3. The third-order valence-corrected chi connectivity index (χ3v) is 3.32. The third-order valence-electron chi connectivity index (χ3n) is 3.32. The molecule has 0 aliphatic carbocycles. The maximum absolute atomic E-state index is 4.28. The van der Waals surface area contributed by atoms with Crippen molar-refractivity contribution in [3.05, 3.63) is 18.0 Å². The van der Waals surface area contributed by atoms with Crippen molar-refractivity contribution in [2.75, 3.05) is 20.1 Å². The van der Waals surface area contributed by atoms with Crippen LogP contribution in [0.15, 0.2) is 12.4 Å². The Morgan fingerprint density at radius 3 is 2.81 bits per heavy atom. The standard InChI is InChI=1S/C12H22N4/c1-3-16-10-11(9-14-16)8-13-12-4-6-15(2)7-5-12/h9-10,12-13H,3-8H2,1-2H3. The van der Waals surface area contributed by atoms with Crippen LogP contribution in [0.1, 0.15) is 25.3 Å². The van der Waals surface area contributed by atoms with Gasteiger partial charge in [0.1, 0.15) is 0 Å². The first kappa shape index (κ1) is 11.6. The summed E-state index contributed by atoms with van der Waals surface area (Å²) in [5.41, 5.74) is 1.29. The predicted molar refractivity (Wildman–Crippen MR) is 65.3 cm³/mol. The SMILES string of the molecule is CCn1cc(CNC2CCN(C)CC2)cn1. The van der Waals surface area contributed by atoms with E-state index in [2.05, 4.69) is 35.5 Å². The molecule has 2 heterocycles. The lowest BCUT2D eigenvalue weighted by Crippen LogP contribution is -2.40. The zero-order valence-corrected chi connectivity index (χ0v) is 10.3. The summed E-state index contributed by atoms with van der Waals surface area (Å²) in [6, 6.07) is 0.682. The molecule has 90 valence electrons. The van der Waals surface area contributed by atoms with E-state index < -0.39 is 0 Å². The van der Waals surface area contributed by atoms with Crippen LogP contribution in [-0.2, 0) is 13.1 Å². The molecule has 0 radical (unpaired) electrons. The highest BCUT2D eigenvalue weighted by Crippen LogP contribution is 2.09. The topological polar surface area (TPSA) is 33.1 Å². The molecule has 0 atom stereocenters. The molecule has 0 aromatic carbocycles. The fraction of sp³-hybridized carbons (Fsp3) is 0.750. The fourth-order valence-electron chi connectivity index (χ4n) is 2.15. The van der Waals surface area contributed by atoms with Crippen LogP contribution in [0.4, 0.5) is 0 Å². The predicted octanol–water partition coefficient (Wildman–Crippen LogP) is 1.09. The molecule has 1 N–H and O–H groups in total. The Labute approximate surface area is 97.6 Å². The number of nitrogens with one attached hydrogen (secondary N) is 1. The van der Waals surface area contributed by atoms with Gasteiger partial charge in [-0.15, -0.1) is 0 Å². The lowest BCUT2D eigenvalue weighted by molar-refractivity contribution is 0.234. The van der Waals surface area contributed by atoms with E-state index in [9.17, 15) is 0 Å². The minimum absolute atomic E-state index is 0.682. The van der Waals surface area contributed by atoms with E-state index in [-0.39, 0.29) is 0 Å². The maximum Gasteiger partial charge on any atom is 0.0534 e. The lowest BCUT2D eigenvalue weighted by atomic mass is 10.1. The molecule has 0 saturated carbocycles. The number of aryl methyl sites for hydroxylation is 1. The fourth-order valence-corrected chi connectivity index (χ4v) is 2.15. The van der Waals surface area contributed by atoms with Crippen molar-refractivity contribution >= 4 is 0 Å². The van der Waals surface area contributed by atoms with Crippen LogP contribution in [0.2, 0.25) is 0 Å². The Morgan fingerprint density at radius 1 is 1.44 bits per heavy atom. The van der Waals surface area contributed by atoms with Gasteiger partial charge in [0, 0.05) is 30.9 Å². The average molecular weight is 222 g/mol. The molecule has 1 aliphatic heterocycles. The molecule has 0 amide bonds. The highest BCUT2D eigenvalue weighted by Gasteiger charge is 2.15. The second-order valence-electron chi connectivity index (χ2n) is 4.66. The largest absolute Gasteiger partial charge is 0.310 e. The van der Waals surface area contributed by atoms with Crippen LogP contribution >= 0.6 is 0 Å². The summed E-state index contributed by atoms with van der Waals surface area (Å²) in [5.74, 6) is 0. The van der Waals surface area contributed by atoms with Crippen molar-refractivity contribution in [1.82, 2.24) is 20.0 Å². The van der Waals surface area contributed by atoms with Crippen LogP contribution in [0.3, 0.4) is 0 Å². The molecule has 1 saturated heterocycles. The molecule has 0 unspecified atom stereocenters. The van der Waals surface area contributed by atoms with E-state index >= 15 is 0 Å². The minimum atomic E-state index is 0.682. The van der Waals surface area contributed by atoms with Crippen molar-refractivity contribution in [1.29, 1.82) is 0 Å². The van der Waals surface area contributed by atoms with E-state index in [1.807, 2.05) is 10.9 Å². The first-order chi connectivity index (χ1) is 7.78.